The lowest BCUT2D eigenvalue weighted by molar-refractivity contribution is 0.127. The van der Waals surface area contributed by atoms with Crippen LogP contribution in [0.3, 0.4) is 0 Å². The molecule has 0 saturated heterocycles. The lowest BCUT2D eigenvalue weighted by Gasteiger charge is -2.29. The number of nitrogens with zero attached hydrogens (tertiary/aromatic N) is 2. The summed E-state index contributed by atoms with van der Waals surface area (Å²) in [5.41, 5.74) is -0.0282. The van der Waals surface area contributed by atoms with Gasteiger partial charge in [0.15, 0.2) is 0 Å². The molecule has 0 radical (unpaired) electrons. The van der Waals surface area contributed by atoms with Crippen molar-refractivity contribution in [1.82, 2.24) is 9.36 Å². The van der Waals surface area contributed by atoms with E-state index in [0.29, 0.717) is 0 Å². The molecule has 1 heterocycles. The molecule has 1 aromatic heterocycles. The average Bonchev–Trinajstić information content (AvgIpc) is 2.67. The fourth-order valence-corrected chi connectivity index (χ4v) is 1.98. The molecule has 15 heavy (non-hydrogen) atoms. The highest BCUT2D eigenvalue weighted by Crippen LogP contribution is 2.26. The maximum Gasteiger partial charge on any atom is 0.202 e. The average molecular weight is 229 g/mol. The summed E-state index contributed by atoms with van der Waals surface area (Å²) in [5, 5.41) is 13.5. The molecule has 5 heteroatoms. The second kappa shape index (κ2) is 5.42. The van der Waals surface area contributed by atoms with Crippen molar-refractivity contribution < 1.29 is 5.11 Å². The Kier molecular flexibility index (Phi) is 4.47. The van der Waals surface area contributed by atoms with Crippen LogP contribution in [-0.2, 0) is 0 Å². The highest BCUT2D eigenvalue weighted by molar-refractivity contribution is 7.09. The van der Waals surface area contributed by atoms with E-state index < -0.39 is 0 Å². The van der Waals surface area contributed by atoms with E-state index in [2.05, 4.69) is 28.5 Å². The van der Waals surface area contributed by atoms with Crippen LogP contribution < -0.4 is 5.32 Å². The number of rotatable bonds is 6. The number of anilines is 1. The molecule has 0 spiro atoms. The van der Waals surface area contributed by atoms with Gasteiger partial charge >= 0.3 is 0 Å². The van der Waals surface area contributed by atoms with Crippen LogP contribution in [0.15, 0.2) is 0 Å². The summed E-state index contributed by atoms with van der Waals surface area (Å²) in [6.07, 6.45) is 1.93. The van der Waals surface area contributed by atoms with Crippen molar-refractivity contribution in [2.45, 2.75) is 33.6 Å². The molecule has 0 unspecified atom stereocenters. The van der Waals surface area contributed by atoms with Crippen LogP contribution >= 0.6 is 11.5 Å². The van der Waals surface area contributed by atoms with Gasteiger partial charge in [0.05, 0.1) is 6.61 Å². The Bertz CT molecular complexity index is 288. The molecular formula is C10H19N3OS. The summed E-state index contributed by atoms with van der Waals surface area (Å²) in [6, 6.07) is 0. The summed E-state index contributed by atoms with van der Waals surface area (Å²) in [5.74, 6) is 0.796. The molecule has 0 aliphatic heterocycles. The minimum Gasteiger partial charge on any atom is -0.396 e. The molecule has 2 N–H and O–H groups in total. The fourth-order valence-electron chi connectivity index (χ4n) is 1.41. The van der Waals surface area contributed by atoms with Crippen LogP contribution in [-0.4, -0.2) is 27.6 Å². The Morgan fingerprint density at radius 2 is 2.07 bits per heavy atom. The van der Waals surface area contributed by atoms with E-state index >= 15 is 0 Å². The Morgan fingerprint density at radius 3 is 2.47 bits per heavy atom. The molecule has 4 nitrogen and oxygen atoms in total. The number of hydrogen-bond donors (Lipinski definition) is 2. The van der Waals surface area contributed by atoms with Crippen LogP contribution in [0, 0.1) is 12.3 Å². The summed E-state index contributed by atoms with van der Waals surface area (Å²) >= 11 is 1.37. The lowest BCUT2D eigenvalue weighted by Crippen LogP contribution is -2.32. The largest absolute Gasteiger partial charge is 0.396 e. The van der Waals surface area contributed by atoms with E-state index in [4.69, 9.17) is 0 Å². The quantitative estimate of drug-likeness (QED) is 0.784. The molecule has 0 bridgehead atoms. The first-order valence-corrected chi connectivity index (χ1v) is 6.08. The summed E-state index contributed by atoms with van der Waals surface area (Å²) in [7, 11) is 0. The standard InChI is InChI=1S/C10H19N3OS/c1-4-10(5-2,7-14)6-11-9-12-8(3)13-15-9/h14H,4-7H2,1-3H3,(H,11,12,13). The molecule has 1 rings (SSSR count). The van der Waals surface area contributed by atoms with Gasteiger partial charge in [0.2, 0.25) is 5.13 Å². The number of hydrogen-bond acceptors (Lipinski definition) is 5. The minimum absolute atomic E-state index is 0.0282. The van der Waals surface area contributed by atoms with E-state index in [0.717, 1.165) is 30.3 Å². The van der Waals surface area contributed by atoms with E-state index in [9.17, 15) is 5.11 Å². The molecule has 0 amide bonds. The fraction of sp³-hybridized carbons (Fsp3) is 0.800. The van der Waals surface area contributed by atoms with Crippen molar-refractivity contribution >= 4 is 16.7 Å². The van der Waals surface area contributed by atoms with Gasteiger partial charge in [0.1, 0.15) is 5.82 Å². The summed E-state index contributed by atoms with van der Waals surface area (Å²) in [4.78, 5) is 4.23. The number of aliphatic hydroxyl groups excluding tert-OH is 1. The zero-order chi connectivity index (χ0) is 11.3. The van der Waals surface area contributed by atoms with Crippen LogP contribution in [0.5, 0.6) is 0 Å². The Morgan fingerprint density at radius 1 is 1.40 bits per heavy atom. The first-order valence-electron chi connectivity index (χ1n) is 5.31. The van der Waals surface area contributed by atoms with E-state index in [1.807, 2.05) is 6.92 Å². The molecule has 0 atom stereocenters. The van der Waals surface area contributed by atoms with Crippen molar-refractivity contribution in [2.24, 2.45) is 5.41 Å². The molecule has 0 aromatic carbocycles. The van der Waals surface area contributed by atoms with Gasteiger partial charge in [-0.1, -0.05) is 13.8 Å². The molecular weight excluding hydrogens is 210 g/mol. The van der Waals surface area contributed by atoms with Crippen molar-refractivity contribution in [1.29, 1.82) is 0 Å². The highest BCUT2D eigenvalue weighted by Gasteiger charge is 2.25. The van der Waals surface area contributed by atoms with E-state index in [1.165, 1.54) is 11.5 Å². The molecule has 0 aliphatic rings. The third-order valence-electron chi connectivity index (χ3n) is 2.98. The summed E-state index contributed by atoms with van der Waals surface area (Å²) in [6.45, 7) is 7.05. The third-order valence-corrected chi connectivity index (χ3v) is 3.74. The van der Waals surface area contributed by atoms with Gasteiger partial charge in [-0.05, 0) is 19.8 Å². The van der Waals surface area contributed by atoms with Gasteiger partial charge in [0, 0.05) is 23.5 Å². The molecule has 0 aliphatic carbocycles. The van der Waals surface area contributed by atoms with Crippen LogP contribution in [0.2, 0.25) is 0 Å². The Hall–Kier alpha value is -0.680. The predicted molar refractivity (Wildman–Crippen MR) is 63.2 cm³/mol. The number of aliphatic hydroxyl groups is 1. The zero-order valence-corrected chi connectivity index (χ0v) is 10.4. The van der Waals surface area contributed by atoms with Crippen LogP contribution in [0.4, 0.5) is 5.13 Å². The third kappa shape index (κ3) is 3.14. The van der Waals surface area contributed by atoms with Gasteiger partial charge in [-0.2, -0.15) is 4.37 Å². The van der Waals surface area contributed by atoms with Crippen molar-refractivity contribution in [3.05, 3.63) is 5.82 Å². The van der Waals surface area contributed by atoms with Crippen molar-refractivity contribution in [2.75, 3.05) is 18.5 Å². The van der Waals surface area contributed by atoms with Gasteiger partial charge in [0.25, 0.3) is 0 Å². The van der Waals surface area contributed by atoms with Crippen molar-refractivity contribution in [3.63, 3.8) is 0 Å². The maximum absolute atomic E-state index is 9.39. The molecule has 1 aromatic rings. The van der Waals surface area contributed by atoms with Crippen molar-refractivity contribution in [3.8, 4) is 0 Å². The Balaban J connectivity index is 2.54. The molecule has 0 fully saturated rings. The van der Waals surface area contributed by atoms with E-state index in [1.54, 1.807) is 0 Å². The van der Waals surface area contributed by atoms with Gasteiger partial charge in [-0.15, -0.1) is 0 Å². The zero-order valence-electron chi connectivity index (χ0n) is 9.58. The Labute approximate surface area is 94.9 Å². The van der Waals surface area contributed by atoms with Crippen LogP contribution in [0.25, 0.3) is 0 Å². The summed E-state index contributed by atoms with van der Waals surface area (Å²) < 4.78 is 4.10. The predicted octanol–water partition coefficient (Wildman–Crippen LogP) is 2.06. The number of aryl methyl sites for hydroxylation is 1. The first-order chi connectivity index (χ1) is 7.15. The van der Waals surface area contributed by atoms with Gasteiger partial charge in [-0.25, -0.2) is 4.98 Å². The molecule has 0 saturated carbocycles. The maximum atomic E-state index is 9.39. The van der Waals surface area contributed by atoms with Gasteiger partial charge in [-0.3, -0.25) is 0 Å². The number of nitrogens with one attached hydrogen (secondary N) is 1. The lowest BCUT2D eigenvalue weighted by atomic mass is 9.83. The SMILES string of the molecule is CCC(CC)(CO)CNc1nc(C)ns1. The normalized spacial score (nSPS) is 11.7. The highest BCUT2D eigenvalue weighted by atomic mass is 32.1. The smallest absolute Gasteiger partial charge is 0.202 e. The topological polar surface area (TPSA) is 58.0 Å². The molecule has 86 valence electrons. The second-order valence-corrected chi connectivity index (χ2v) is 4.62. The monoisotopic (exact) mass is 229 g/mol. The van der Waals surface area contributed by atoms with Gasteiger partial charge < -0.3 is 10.4 Å². The second-order valence-electron chi connectivity index (χ2n) is 3.87. The number of aromatic nitrogens is 2. The first kappa shape index (κ1) is 12.4. The van der Waals surface area contributed by atoms with Crippen LogP contribution in [0.1, 0.15) is 32.5 Å². The minimum atomic E-state index is -0.0282. The van der Waals surface area contributed by atoms with E-state index in [-0.39, 0.29) is 12.0 Å².